The summed E-state index contributed by atoms with van der Waals surface area (Å²) in [5.74, 6) is -2.83. The van der Waals surface area contributed by atoms with Gasteiger partial charge < -0.3 is 29.8 Å². The summed E-state index contributed by atoms with van der Waals surface area (Å²) in [6, 6.07) is 0. The Balaban J connectivity index is 2.77. The van der Waals surface area contributed by atoms with Gasteiger partial charge in [-0.2, -0.15) is 8.87 Å². The van der Waals surface area contributed by atoms with Crippen molar-refractivity contribution in [2.75, 3.05) is 13.2 Å². The van der Waals surface area contributed by atoms with E-state index in [0.29, 0.717) is 0 Å². The molecule has 0 aromatic heterocycles. The second-order valence-electron chi connectivity index (χ2n) is 4.20. The number of phosphoric acid groups is 1. The van der Waals surface area contributed by atoms with Gasteiger partial charge in [-0.05, 0) is 0 Å². The molecule has 0 radical (unpaired) electrons. The lowest BCUT2D eigenvalue weighted by Gasteiger charge is -2.24. The molecule has 0 aliphatic carbocycles. The number of phosphoric ester groups is 1. The molecule has 0 bridgehead atoms. The van der Waals surface area contributed by atoms with Gasteiger partial charge in [-0.3, -0.25) is 14.3 Å². The third kappa shape index (κ3) is 5.01. The molecule has 15 heteroatoms. The van der Waals surface area contributed by atoms with Gasteiger partial charge >= 0.3 is 15.6 Å². The standard InChI is InChI=1S/C6H14O13P2/c7-4-3(1-17-20(11,12)13)18-6(9,5(4)8)2-19(10)21(14,15)16/h3-5,7-10H,1-2H2,(H3-,11,12,13,14,15,16)/p+1/t3-,4-,5+,6-/m1/s1. The molecule has 1 saturated heterocycles. The fraction of sp³-hybridized carbons (Fsp3) is 1.00. The van der Waals surface area contributed by atoms with Gasteiger partial charge in [0.05, 0.1) is 6.61 Å². The highest BCUT2D eigenvalue weighted by Crippen LogP contribution is 2.45. The third-order valence-electron chi connectivity index (χ3n) is 2.54. The van der Waals surface area contributed by atoms with E-state index in [1.165, 1.54) is 0 Å². The summed E-state index contributed by atoms with van der Waals surface area (Å²) in [7, 11) is -10.1. The quantitative estimate of drug-likeness (QED) is 0.103. The highest BCUT2D eigenvalue weighted by molar-refractivity contribution is 7.46. The topological polar surface area (TPSA) is 217 Å². The zero-order chi connectivity index (χ0) is 16.6. The van der Waals surface area contributed by atoms with Crippen molar-refractivity contribution in [2.45, 2.75) is 24.1 Å². The van der Waals surface area contributed by atoms with Crippen LogP contribution in [0.5, 0.6) is 0 Å². The Labute approximate surface area is 117 Å². The van der Waals surface area contributed by atoms with E-state index in [1.807, 2.05) is 0 Å². The van der Waals surface area contributed by atoms with Crippen LogP contribution < -0.4 is 0 Å². The van der Waals surface area contributed by atoms with Gasteiger partial charge in [0.15, 0.2) is 0 Å². The van der Waals surface area contributed by atoms with E-state index in [4.69, 9.17) is 24.8 Å². The van der Waals surface area contributed by atoms with Gasteiger partial charge in [0, 0.05) is 0 Å². The van der Waals surface area contributed by atoms with E-state index in [9.17, 15) is 24.4 Å². The first kappa shape index (κ1) is 19.1. The number of aliphatic hydroxyl groups is 3. The minimum absolute atomic E-state index is 0.261. The Morgan fingerprint density at radius 1 is 1.19 bits per heavy atom. The average Bonchev–Trinajstić information content (AvgIpc) is 2.49. The molecule has 1 aliphatic heterocycles. The van der Waals surface area contributed by atoms with Crippen LogP contribution in [-0.4, -0.2) is 77.5 Å². The largest absolute Gasteiger partial charge is 0.671 e. The SMILES string of the molecule is O=P(O)(O)OC[C@H]1O[C@](O)(C[O+](O)P(=O)(O)O)[C@@H](O)[C@@H]1O. The van der Waals surface area contributed by atoms with E-state index < -0.39 is 53.0 Å². The van der Waals surface area contributed by atoms with Crippen LogP contribution in [0.1, 0.15) is 0 Å². The summed E-state index contributed by atoms with van der Waals surface area (Å²) in [4.78, 5) is 34.2. The molecule has 4 atom stereocenters. The average molecular weight is 357 g/mol. The number of hydrogen-bond donors (Lipinski definition) is 8. The Kier molecular flexibility index (Phi) is 5.68. The van der Waals surface area contributed by atoms with Gasteiger partial charge in [0.1, 0.15) is 18.3 Å². The van der Waals surface area contributed by atoms with Gasteiger partial charge in [-0.15, -0.1) is 5.26 Å². The van der Waals surface area contributed by atoms with Crippen molar-refractivity contribution < 1.29 is 62.8 Å². The normalized spacial score (nSPS) is 34.6. The van der Waals surface area contributed by atoms with E-state index >= 15 is 0 Å². The van der Waals surface area contributed by atoms with Crippen molar-refractivity contribution in [3.63, 3.8) is 0 Å². The lowest BCUT2D eigenvalue weighted by Crippen LogP contribution is -2.48. The molecule has 0 aromatic carbocycles. The highest BCUT2D eigenvalue weighted by atomic mass is 31.2. The molecule has 0 saturated carbocycles. The first-order valence-corrected chi connectivity index (χ1v) is 8.25. The van der Waals surface area contributed by atoms with Crippen LogP contribution in [-0.2, 0) is 22.7 Å². The van der Waals surface area contributed by atoms with E-state index in [-0.39, 0.29) is 4.30 Å². The van der Waals surface area contributed by atoms with Crippen LogP contribution in [0.15, 0.2) is 0 Å². The Morgan fingerprint density at radius 2 is 1.71 bits per heavy atom. The van der Waals surface area contributed by atoms with Crippen molar-refractivity contribution in [3.05, 3.63) is 0 Å². The lowest BCUT2D eigenvalue weighted by molar-refractivity contribution is -0.396. The molecular formula is C6H15O13P2+. The summed E-state index contributed by atoms with van der Waals surface area (Å²) in [6.07, 6.45) is -5.66. The van der Waals surface area contributed by atoms with Gasteiger partial charge in [0.2, 0.25) is 6.61 Å². The molecule has 0 spiro atoms. The van der Waals surface area contributed by atoms with Crippen LogP contribution >= 0.6 is 15.6 Å². The predicted octanol–water partition coefficient (Wildman–Crippen LogP) is -2.98. The zero-order valence-electron chi connectivity index (χ0n) is 10.2. The van der Waals surface area contributed by atoms with Crippen LogP contribution in [0.25, 0.3) is 0 Å². The van der Waals surface area contributed by atoms with Gasteiger partial charge in [-0.25, -0.2) is 4.57 Å². The van der Waals surface area contributed by atoms with Crippen molar-refractivity contribution in [2.24, 2.45) is 0 Å². The summed E-state index contributed by atoms with van der Waals surface area (Å²) < 4.78 is 30.1. The number of ether oxygens (including phenoxy) is 1. The van der Waals surface area contributed by atoms with Crippen molar-refractivity contribution in [1.82, 2.24) is 0 Å². The molecular weight excluding hydrogens is 342 g/mol. The maximum Gasteiger partial charge on any atom is 0.671 e. The maximum absolute atomic E-state index is 10.7. The summed E-state index contributed by atoms with van der Waals surface area (Å²) in [5, 5.41) is 37.9. The Morgan fingerprint density at radius 3 is 2.14 bits per heavy atom. The fourth-order valence-electron chi connectivity index (χ4n) is 1.56. The Bertz CT molecular complexity index is 456. The molecule has 0 unspecified atom stereocenters. The molecule has 0 amide bonds. The van der Waals surface area contributed by atoms with Crippen LogP contribution in [0.3, 0.4) is 0 Å². The molecule has 1 fully saturated rings. The predicted molar refractivity (Wildman–Crippen MR) is 60.5 cm³/mol. The number of hydrogen-bond acceptors (Lipinski definition) is 8. The van der Waals surface area contributed by atoms with Crippen molar-refractivity contribution in [1.29, 1.82) is 0 Å². The molecule has 1 rings (SSSR count). The number of aliphatic hydroxyl groups excluding tert-OH is 2. The summed E-state index contributed by atoms with van der Waals surface area (Å²) >= 11 is 0. The van der Waals surface area contributed by atoms with Gasteiger partial charge in [0.25, 0.3) is 5.79 Å². The van der Waals surface area contributed by atoms with E-state index in [0.717, 1.165) is 0 Å². The first-order valence-electron chi connectivity index (χ1n) is 5.19. The number of rotatable bonds is 6. The lowest BCUT2D eigenvalue weighted by atomic mass is 10.1. The summed E-state index contributed by atoms with van der Waals surface area (Å²) in [6.45, 7) is -2.32. The van der Waals surface area contributed by atoms with Gasteiger partial charge in [-0.1, -0.05) is 0 Å². The second kappa shape index (κ2) is 6.26. The minimum Gasteiger partial charge on any atom is -0.387 e. The molecule has 13 nitrogen and oxygen atoms in total. The van der Waals surface area contributed by atoms with Crippen molar-refractivity contribution in [3.8, 4) is 0 Å². The molecule has 8 N–H and O–H groups in total. The molecule has 1 aliphatic rings. The Hall–Kier alpha value is 0.0200. The van der Waals surface area contributed by atoms with Crippen LogP contribution in [0.2, 0.25) is 0 Å². The molecule has 126 valence electrons. The smallest absolute Gasteiger partial charge is 0.387 e. The second-order valence-corrected chi connectivity index (χ2v) is 6.84. The fourth-order valence-corrected chi connectivity index (χ4v) is 2.26. The minimum atomic E-state index is -5.24. The third-order valence-corrected chi connectivity index (χ3v) is 3.70. The summed E-state index contributed by atoms with van der Waals surface area (Å²) in [5.41, 5.74) is 0. The zero-order valence-corrected chi connectivity index (χ0v) is 11.9. The first-order chi connectivity index (χ1) is 9.26. The maximum atomic E-state index is 10.7. The van der Waals surface area contributed by atoms with E-state index in [1.54, 1.807) is 0 Å². The van der Waals surface area contributed by atoms with Crippen molar-refractivity contribution >= 4 is 15.6 Å². The molecule has 1 heterocycles. The van der Waals surface area contributed by atoms with Crippen LogP contribution in [0.4, 0.5) is 0 Å². The monoisotopic (exact) mass is 357 g/mol. The van der Waals surface area contributed by atoms with Crippen LogP contribution in [0, 0.1) is 0 Å². The van der Waals surface area contributed by atoms with E-state index in [2.05, 4.69) is 9.26 Å². The molecule has 21 heavy (non-hydrogen) atoms. The highest BCUT2D eigenvalue weighted by Gasteiger charge is 2.59. The molecule has 0 aromatic rings.